The largest absolute Gasteiger partial charge is 0.314 e. The fourth-order valence-corrected chi connectivity index (χ4v) is 3.70. The van der Waals surface area contributed by atoms with Crippen molar-refractivity contribution < 1.29 is 4.39 Å². The number of aryl methyl sites for hydroxylation is 1. The highest BCUT2D eigenvalue weighted by Crippen LogP contribution is 2.34. The molecule has 1 atom stereocenters. The van der Waals surface area contributed by atoms with Gasteiger partial charge in [-0.1, -0.05) is 12.1 Å². The van der Waals surface area contributed by atoms with E-state index in [2.05, 4.69) is 34.7 Å². The molecule has 1 aromatic heterocycles. The van der Waals surface area contributed by atoms with Gasteiger partial charge in [-0.3, -0.25) is 4.90 Å². The van der Waals surface area contributed by atoms with E-state index in [1.54, 1.807) is 23.5 Å². The van der Waals surface area contributed by atoms with Gasteiger partial charge in [0.2, 0.25) is 0 Å². The van der Waals surface area contributed by atoms with Crippen molar-refractivity contribution in [3.05, 3.63) is 57.5 Å². The van der Waals surface area contributed by atoms with Gasteiger partial charge in [0.05, 0.1) is 6.04 Å². The topological polar surface area (TPSA) is 15.3 Å². The maximum absolute atomic E-state index is 13.7. The average molecular weight is 327 g/mol. The number of thiophene rings is 1. The van der Waals surface area contributed by atoms with Crippen molar-refractivity contribution in [3.8, 4) is 0 Å². The van der Waals surface area contributed by atoms with Crippen LogP contribution in [-0.4, -0.2) is 31.1 Å². The zero-order chi connectivity index (χ0) is 13.9. The fourth-order valence-electron chi connectivity index (χ4n) is 2.82. The molecule has 0 saturated carbocycles. The van der Waals surface area contributed by atoms with E-state index in [-0.39, 0.29) is 24.3 Å². The Balaban J connectivity index is 0.00000161. The summed E-state index contributed by atoms with van der Waals surface area (Å²) >= 11 is 1.75. The summed E-state index contributed by atoms with van der Waals surface area (Å²) in [7, 11) is 0. The minimum Gasteiger partial charge on any atom is -0.314 e. The summed E-state index contributed by atoms with van der Waals surface area (Å²) in [5.41, 5.74) is 2.25. The molecule has 0 spiro atoms. The van der Waals surface area contributed by atoms with E-state index < -0.39 is 0 Å². The summed E-state index contributed by atoms with van der Waals surface area (Å²) in [4.78, 5) is 3.74. The molecule has 2 nitrogen and oxygen atoms in total. The van der Waals surface area contributed by atoms with E-state index in [1.165, 1.54) is 4.88 Å². The smallest absolute Gasteiger partial charge is 0.123 e. The molecule has 0 amide bonds. The third-order valence-electron chi connectivity index (χ3n) is 3.87. The number of piperazine rings is 1. The van der Waals surface area contributed by atoms with Gasteiger partial charge in [0.25, 0.3) is 0 Å². The summed E-state index contributed by atoms with van der Waals surface area (Å²) in [6, 6.07) is 9.52. The zero-order valence-corrected chi connectivity index (χ0v) is 13.6. The molecule has 0 bridgehead atoms. The van der Waals surface area contributed by atoms with Gasteiger partial charge in [-0.15, -0.1) is 23.7 Å². The highest BCUT2D eigenvalue weighted by atomic mass is 35.5. The second-order valence-electron chi connectivity index (χ2n) is 5.20. The highest BCUT2D eigenvalue weighted by Gasteiger charge is 2.26. The first kappa shape index (κ1) is 16.4. The molecule has 2 aromatic rings. The van der Waals surface area contributed by atoms with Gasteiger partial charge in [0, 0.05) is 31.1 Å². The number of rotatable bonds is 3. The van der Waals surface area contributed by atoms with E-state index in [4.69, 9.17) is 0 Å². The zero-order valence-electron chi connectivity index (χ0n) is 12.0. The monoisotopic (exact) mass is 326 g/mol. The van der Waals surface area contributed by atoms with Crippen LogP contribution in [0.1, 0.15) is 22.0 Å². The Labute approximate surface area is 135 Å². The Morgan fingerprint density at radius 3 is 2.67 bits per heavy atom. The SMILES string of the molecule is Cc1ccc(F)cc1[C@H](c1cccs1)N1CCNCC1.Cl. The molecule has 1 N–H and O–H groups in total. The van der Waals surface area contributed by atoms with Gasteiger partial charge in [0.15, 0.2) is 0 Å². The lowest BCUT2D eigenvalue weighted by atomic mass is 9.98. The van der Waals surface area contributed by atoms with Crippen LogP contribution >= 0.6 is 23.7 Å². The number of nitrogens with zero attached hydrogens (tertiary/aromatic N) is 1. The molecule has 3 rings (SSSR count). The lowest BCUT2D eigenvalue weighted by molar-refractivity contribution is 0.200. The van der Waals surface area contributed by atoms with E-state index in [9.17, 15) is 4.39 Å². The van der Waals surface area contributed by atoms with E-state index in [0.29, 0.717) is 0 Å². The van der Waals surface area contributed by atoms with Gasteiger partial charge < -0.3 is 5.32 Å². The van der Waals surface area contributed by atoms with Crippen LogP contribution in [0.2, 0.25) is 0 Å². The molecule has 1 aromatic carbocycles. The van der Waals surface area contributed by atoms with Gasteiger partial charge >= 0.3 is 0 Å². The Bertz CT molecular complexity index is 568. The predicted molar refractivity (Wildman–Crippen MR) is 89.0 cm³/mol. The van der Waals surface area contributed by atoms with Crippen LogP contribution in [0, 0.1) is 12.7 Å². The standard InChI is InChI=1S/C16H19FN2S.ClH/c1-12-4-5-13(17)11-14(12)16(15-3-2-10-20-15)19-8-6-18-7-9-19;/h2-5,10-11,16,18H,6-9H2,1H3;1H/t16-;/m1./s1. The first-order valence-corrected chi connectivity index (χ1v) is 7.88. The Hall–Kier alpha value is -0.940. The number of hydrogen-bond acceptors (Lipinski definition) is 3. The van der Waals surface area contributed by atoms with Crippen molar-refractivity contribution in [1.29, 1.82) is 0 Å². The van der Waals surface area contributed by atoms with E-state index in [1.807, 2.05) is 6.07 Å². The van der Waals surface area contributed by atoms with Gasteiger partial charge in [-0.05, 0) is 41.6 Å². The normalized spacial score (nSPS) is 17.2. The maximum atomic E-state index is 13.7. The maximum Gasteiger partial charge on any atom is 0.123 e. The van der Waals surface area contributed by atoms with Crippen molar-refractivity contribution >= 4 is 23.7 Å². The molecule has 1 aliphatic heterocycles. The van der Waals surface area contributed by atoms with Crippen LogP contribution in [0.25, 0.3) is 0 Å². The molecule has 0 unspecified atom stereocenters. The van der Waals surface area contributed by atoms with Crippen molar-refractivity contribution in [2.24, 2.45) is 0 Å². The molecule has 2 heterocycles. The average Bonchev–Trinajstić information content (AvgIpc) is 2.98. The lowest BCUT2D eigenvalue weighted by Gasteiger charge is -2.35. The molecule has 1 aliphatic rings. The van der Waals surface area contributed by atoms with Crippen molar-refractivity contribution in [1.82, 2.24) is 10.2 Å². The summed E-state index contributed by atoms with van der Waals surface area (Å²) < 4.78 is 13.7. The third-order valence-corrected chi connectivity index (χ3v) is 4.79. The highest BCUT2D eigenvalue weighted by molar-refractivity contribution is 7.10. The van der Waals surface area contributed by atoms with Crippen LogP contribution in [-0.2, 0) is 0 Å². The van der Waals surface area contributed by atoms with Gasteiger partial charge in [0.1, 0.15) is 5.82 Å². The predicted octanol–water partition coefficient (Wildman–Crippen LogP) is 3.61. The molecular formula is C16H20ClFN2S. The second kappa shape index (κ2) is 7.36. The van der Waals surface area contributed by atoms with Crippen LogP contribution in [0.5, 0.6) is 0 Å². The van der Waals surface area contributed by atoms with Crippen molar-refractivity contribution in [3.63, 3.8) is 0 Å². The molecule has 5 heteroatoms. The fraction of sp³-hybridized carbons (Fsp3) is 0.375. The van der Waals surface area contributed by atoms with Crippen molar-refractivity contribution in [2.45, 2.75) is 13.0 Å². The van der Waals surface area contributed by atoms with Crippen LogP contribution in [0.15, 0.2) is 35.7 Å². The molecule has 114 valence electrons. The van der Waals surface area contributed by atoms with Crippen LogP contribution in [0.3, 0.4) is 0 Å². The molecular weight excluding hydrogens is 307 g/mol. The first-order chi connectivity index (χ1) is 9.75. The number of halogens is 2. The number of benzene rings is 1. The Kier molecular flexibility index (Phi) is 5.76. The third kappa shape index (κ3) is 3.64. The molecule has 1 saturated heterocycles. The molecule has 0 aliphatic carbocycles. The molecule has 1 fully saturated rings. The minimum atomic E-state index is -0.151. The van der Waals surface area contributed by atoms with Crippen LogP contribution in [0.4, 0.5) is 4.39 Å². The van der Waals surface area contributed by atoms with Gasteiger partial charge in [-0.25, -0.2) is 4.39 Å². The Morgan fingerprint density at radius 1 is 1.24 bits per heavy atom. The van der Waals surface area contributed by atoms with Crippen molar-refractivity contribution in [2.75, 3.05) is 26.2 Å². The second-order valence-corrected chi connectivity index (χ2v) is 6.18. The quantitative estimate of drug-likeness (QED) is 0.927. The lowest BCUT2D eigenvalue weighted by Crippen LogP contribution is -2.45. The number of nitrogens with one attached hydrogen (secondary N) is 1. The summed E-state index contributed by atoms with van der Waals surface area (Å²) in [5.74, 6) is -0.151. The summed E-state index contributed by atoms with van der Waals surface area (Å²) in [5, 5.41) is 5.48. The summed E-state index contributed by atoms with van der Waals surface area (Å²) in [6.45, 7) is 6.06. The van der Waals surface area contributed by atoms with Gasteiger partial charge in [-0.2, -0.15) is 0 Å². The summed E-state index contributed by atoms with van der Waals surface area (Å²) in [6.07, 6.45) is 0. The first-order valence-electron chi connectivity index (χ1n) is 7.00. The molecule has 0 radical (unpaired) electrons. The Morgan fingerprint density at radius 2 is 2.00 bits per heavy atom. The van der Waals surface area contributed by atoms with Crippen LogP contribution < -0.4 is 5.32 Å². The molecule has 21 heavy (non-hydrogen) atoms. The number of hydrogen-bond donors (Lipinski definition) is 1. The minimum absolute atomic E-state index is 0. The van der Waals surface area contributed by atoms with E-state index in [0.717, 1.165) is 37.3 Å². The van der Waals surface area contributed by atoms with E-state index >= 15 is 0 Å².